The van der Waals surface area contributed by atoms with Gasteiger partial charge in [-0.3, -0.25) is 9.36 Å². The molecule has 0 unspecified atom stereocenters. The number of hydrogen-bond acceptors (Lipinski definition) is 2. The molecule has 124 valence electrons. The van der Waals surface area contributed by atoms with Crippen LogP contribution in [0, 0.1) is 0 Å². The van der Waals surface area contributed by atoms with Gasteiger partial charge in [0.1, 0.15) is 0 Å². The minimum atomic E-state index is -0.214. The van der Waals surface area contributed by atoms with Crippen LogP contribution >= 0.6 is 23.2 Å². The van der Waals surface area contributed by atoms with Gasteiger partial charge in [-0.1, -0.05) is 36.4 Å². The molecule has 1 heterocycles. The number of alkyl halides is 2. The van der Waals surface area contributed by atoms with E-state index in [-0.39, 0.29) is 11.8 Å². The quantitative estimate of drug-likeness (QED) is 0.658. The van der Waals surface area contributed by atoms with Crippen molar-refractivity contribution >= 4 is 40.0 Å². The number of hydrogen-bond donors (Lipinski definition) is 1. The van der Waals surface area contributed by atoms with Gasteiger partial charge in [0.25, 0.3) is 0 Å². The average molecular weight is 362 g/mol. The Morgan fingerprint density at radius 3 is 2.46 bits per heavy atom. The van der Waals surface area contributed by atoms with Crippen molar-refractivity contribution in [1.82, 2.24) is 4.57 Å². The van der Waals surface area contributed by atoms with Crippen LogP contribution in [0.1, 0.15) is 34.0 Å². The first kappa shape index (κ1) is 16.9. The second-order valence-corrected chi connectivity index (χ2v) is 6.26. The maximum absolute atomic E-state index is 11.9. The lowest BCUT2D eigenvalue weighted by Gasteiger charge is -2.08. The zero-order chi connectivity index (χ0) is 17.3. The molecule has 0 amide bonds. The molecule has 3 nitrogen and oxygen atoms in total. The fourth-order valence-corrected chi connectivity index (χ4v) is 3.54. The summed E-state index contributed by atoms with van der Waals surface area (Å²) in [5.41, 5.74) is 4.46. The summed E-state index contributed by atoms with van der Waals surface area (Å²) in [5.74, 6) is 0.584. The van der Waals surface area contributed by atoms with E-state index in [9.17, 15) is 9.90 Å². The molecule has 0 radical (unpaired) electrons. The summed E-state index contributed by atoms with van der Waals surface area (Å²) in [6.45, 7) is 1.44. The third kappa shape index (κ3) is 2.90. The SMILES string of the molecule is CC(=O)n1c(O)c(Cc2ccc(CCl)c(CCl)c2)c2ccccc21. The Morgan fingerprint density at radius 1 is 1.08 bits per heavy atom. The highest BCUT2D eigenvalue weighted by molar-refractivity contribution is 6.18. The summed E-state index contributed by atoms with van der Waals surface area (Å²) in [7, 11) is 0. The normalized spacial score (nSPS) is 11.1. The summed E-state index contributed by atoms with van der Waals surface area (Å²) < 4.78 is 1.35. The van der Waals surface area contributed by atoms with Crippen molar-refractivity contribution in [2.24, 2.45) is 0 Å². The minimum absolute atomic E-state index is 0.00227. The van der Waals surface area contributed by atoms with E-state index in [1.165, 1.54) is 11.5 Å². The van der Waals surface area contributed by atoms with Crippen molar-refractivity contribution in [3.05, 3.63) is 64.7 Å². The lowest BCUT2D eigenvalue weighted by Crippen LogP contribution is -2.04. The van der Waals surface area contributed by atoms with Crippen LogP contribution in [-0.4, -0.2) is 15.6 Å². The lowest BCUT2D eigenvalue weighted by atomic mass is 10.00. The average Bonchev–Trinajstić information content (AvgIpc) is 2.87. The highest BCUT2D eigenvalue weighted by atomic mass is 35.5. The number of fused-ring (bicyclic) bond motifs is 1. The van der Waals surface area contributed by atoms with Crippen LogP contribution in [0.15, 0.2) is 42.5 Å². The van der Waals surface area contributed by atoms with Crippen molar-refractivity contribution < 1.29 is 9.90 Å². The smallest absolute Gasteiger partial charge is 0.230 e. The molecule has 0 atom stereocenters. The lowest BCUT2D eigenvalue weighted by molar-refractivity contribution is 0.0933. The van der Waals surface area contributed by atoms with E-state index >= 15 is 0 Å². The summed E-state index contributed by atoms with van der Waals surface area (Å²) >= 11 is 11.9. The van der Waals surface area contributed by atoms with Crippen LogP contribution in [0.5, 0.6) is 5.88 Å². The second-order valence-electron chi connectivity index (χ2n) is 5.72. The number of benzene rings is 2. The zero-order valence-corrected chi connectivity index (χ0v) is 14.7. The number of rotatable bonds is 4. The van der Waals surface area contributed by atoms with E-state index in [2.05, 4.69) is 0 Å². The fraction of sp³-hybridized carbons (Fsp3) is 0.211. The molecule has 3 rings (SSSR count). The number of aromatic hydroxyl groups is 1. The van der Waals surface area contributed by atoms with Crippen LogP contribution in [0.25, 0.3) is 10.9 Å². The molecule has 1 N–H and O–H groups in total. The molecule has 3 aromatic rings. The third-order valence-electron chi connectivity index (χ3n) is 4.21. The minimum Gasteiger partial charge on any atom is -0.494 e. The van der Waals surface area contributed by atoms with Gasteiger partial charge in [-0.15, -0.1) is 23.2 Å². The molecule has 0 fully saturated rings. The van der Waals surface area contributed by atoms with Crippen LogP contribution in [-0.2, 0) is 18.2 Å². The Balaban J connectivity index is 2.11. The molecular formula is C19H17Cl2NO2. The van der Waals surface area contributed by atoms with Gasteiger partial charge in [0.2, 0.25) is 11.8 Å². The molecule has 0 aliphatic carbocycles. The Hall–Kier alpha value is -1.97. The maximum Gasteiger partial charge on any atom is 0.230 e. The first-order valence-corrected chi connectivity index (χ1v) is 8.68. The summed E-state index contributed by atoms with van der Waals surface area (Å²) in [6.07, 6.45) is 0.513. The van der Waals surface area contributed by atoms with Gasteiger partial charge in [-0.25, -0.2) is 0 Å². The highest BCUT2D eigenvalue weighted by Gasteiger charge is 2.19. The predicted octanol–water partition coefficient (Wildman–Crippen LogP) is 5.08. The standard InChI is InChI=1S/C19H17Cl2NO2/c1-12(23)22-18-5-3-2-4-16(18)17(19(22)24)9-13-6-7-14(10-20)15(8-13)11-21/h2-8,24H,9-11H2,1H3. The number of carbonyl (C=O) groups is 1. The molecule has 0 bridgehead atoms. The van der Waals surface area contributed by atoms with E-state index in [1.807, 2.05) is 42.5 Å². The van der Waals surface area contributed by atoms with Crippen LogP contribution in [0.4, 0.5) is 0 Å². The molecule has 0 aliphatic heterocycles. The Labute approximate surface area is 150 Å². The zero-order valence-electron chi connectivity index (χ0n) is 13.2. The Kier molecular flexibility index (Phi) is 4.83. The molecule has 0 saturated carbocycles. The van der Waals surface area contributed by atoms with Gasteiger partial charge in [-0.2, -0.15) is 0 Å². The number of carbonyl (C=O) groups excluding carboxylic acids is 1. The largest absolute Gasteiger partial charge is 0.494 e. The maximum atomic E-state index is 11.9. The topological polar surface area (TPSA) is 42.2 Å². The van der Waals surface area contributed by atoms with E-state index in [0.29, 0.717) is 23.7 Å². The van der Waals surface area contributed by atoms with Crippen LogP contribution < -0.4 is 0 Å². The van der Waals surface area contributed by atoms with E-state index in [1.54, 1.807) is 0 Å². The summed E-state index contributed by atoms with van der Waals surface area (Å²) in [6, 6.07) is 13.4. The molecule has 24 heavy (non-hydrogen) atoms. The van der Waals surface area contributed by atoms with Crippen molar-refractivity contribution in [2.75, 3.05) is 0 Å². The first-order valence-electron chi connectivity index (χ1n) is 7.61. The molecule has 0 spiro atoms. The van der Waals surface area contributed by atoms with Crippen LogP contribution in [0.3, 0.4) is 0 Å². The second kappa shape index (κ2) is 6.88. The molecular weight excluding hydrogens is 345 g/mol. The molecule has 5 heteroatoms. The molecule has 0 saturated heterocycles. The first-order chi connectivity index (χ1) is 11.6. The highest BCUT2D eigenvalue weighted by Crippen LogP contribution is 2.33. The van der Waals surface area contributed by atoms with Gasteiger partial charge in [0, 0.05) is 36.1 Å². The number of halogens is 2. The van der Waals surface area contributed by atoms with Crippen molar-refractivity contribution in [3.63, 3.8) is 0 Å². The van der Waals surface area contributed by atoms with Gasteiger partial charge in [0.05, 0.1) is 5.52 Å². The number of aromatic nitrogens is 1. The summed E-state index contributed by atoms with van der Waals surface area (Å²) in [5, 5.41) is 11.4. The van der Waals surface area contributed by atoms with E-state index in [4.69, 9.17) is 23.2 Å². The van der Waals surface area contributed by atoms with Crippen LogP contribution in [0.2, 0.25) is 0 Å². The predicted molar refractivity (Wildman–Crippen MR) is 98.3 cm³/mol. The fourth-order valence-electron chi connectivity index (χ4n) is 3.03. The molecule has 0 aliphatic rings. The Bertz CT molecular complexity index is 915. The number of para-hydroxylation sites is 1. The van der Waals surface area contributed by atoms with Gasteiger partial charge in [0.15, 0.2) is 0 Å². The van der Waals surface area contributed by atoms with Crippen molar-refractivity contribution in [1.29, 1.82) is 0 Å². The van der Waals surface area contributed by atoms with Crippen molar-refractivity contribution in [2.45, 2.75) is 25.1 Å². The Morgan fingerprint density at radius 2 is 1.79 bits per heavy atom. The summed E-state index contributed by atoms with van der Waals surface area (Å²) in [4.78, 5) is 11.9. The van der Waals surface area contributed by atoms with E-state index < -0.39 is 0 Å². The van der Waals surface area contributed by atoms with Gasteiger partial charge in [-0.05, 0) is 22.8 Å². The molecule has 2 aromatic carbocycles. The van der Waals surface area contributed by atoms with Gasteiger partial charge >= 0.3 is 0 Å². The monoisotopic (exact) mass is 361 g/mol. The van der Waals surface area contributed by atoms with E-state index in [0.717, 1.165) is 27.6 Å². The number of nitrogens with zero attached hydrogens (tertiary/aromatic N) is 1. The van der Waals surface area contributed by atoms with Gasteiger partial charge < -0.3 is 5.11 Å². The third-order valence-corrected chi connectivity index (χ3v) is 4.78. The van der Waals surface area contributed by atoms with Crippen molar-refractivity contribution in [3.8, 4) is 5.88 Å². The molecule has 1 aromatic heterocycles.